The summed E-state index contributed by atoms with van der Waals surface area (Å²) < 4.78 is 10.0. The Bertz CT molecular complexity index is 560. The minimum Gasteiger partial charge on any atom is -0.468 e. The molecular formula is C15H20Cl2N2O3. The molecule has 1 aliphatic rings. The maximum Gasteiger partial charge on any atom is 0.322 e. The van der Waals surface area contributed by atoms with Crippen LogP contribution in [0.5, 0.6) is 0 Å². The van der Waals surface area contributed by atoms with Crippen LogP contribution in [0.15, 0.2) is 6.07 Å². The van der Waals surface area contributed by atoms with Gasteiger partial charge in [-0.25, -0.2) is 0 Å². The molecule has 0 spiro atoms. The Hall–Kier alpha value is -1.01. The fraction of sp³-hybridized carbons (Fsp3) is 0.533. The molecular weight excluding hydrogens is 327 g/mol. The van der Waals surface area contributed by atoms with Gasteiger partial charge in [-0.2, -0.15) is 0 Å². The van der Waals surface area contributed by atoms with Gasteiger partial charge >= 0.3 is 5.97 Å². The second kappa shape index (κ2) is 7.51. The van der Waals surface area contributed by atoms with E-state index in [4.69, 9.17) is 33.7 Å². The fourth-order valence-corrected chi connectivity index (χ4v) is 3.25. The van der Waals surface area contributed by atoms with E-state index < -0.39 is 12.0 Å². The number of hydrogen-bond acceptors (Lipinski definition) is 5. The van der Waals surface area contributed by atoms with Gasteiger partial charge in [-0.05, 0) is 30.5 Å². The molecule has 122 valence electrons. The summed E-state index contributed by atoms with van der Waals surface area (Å²) in [5.74, 6) is -0.455. The highest BCUT2D eigenvalue weighted by molar-refractivity contribution is 6.39. The lowest BCUT2D eigenvalue weighted by Crippen LogP contribution is -2.37. The van der Waals surface area contributed by atoms with E-state index >= 15 is 0 Å². The molecule has 2 rings (SSSR count). The summed E-state index contributed by atoms with van der Waals surface area (Å²) in [6.07, 6.45) is 0.335. The van der Waals surface area contributed by atoms with Crippen molar-refractivity contribution >= 4 is 34.9 Å². The van der Waals surface area contributed by atoms with E-state index in [1.54, 1.807) is 0 Å². The van der Waals surface area contributed by atoms with Crippen LogP contribution in [0.3, 0.4) is 0 Å². The van der Waals surface area contributed by atoms with Crippen molar-refractivity contribution in [3.8, 4) is 0 Å². The molecule has 1 saturated heterocycles. The lowest BCUT2D eigenvalue weighted by atomic mass is 10.00. The van der Waals surface area contributed by atoms with E-state index in [0.717, 1.165) is 29.9 Å². The average Bonchev–Trinajstić information content (AvgIpc) is 2.52. The van der Waals surface area contributed by atoms with E-state index in [1.165, 1.54) is 7.11 Å². The number of hydrogen-bond donors (Lipinski definition) is 1. The van der Waals surface area contributed by atoms with Crippen LogP contribution in [-0.4, -0.2) is 45.4 Å². The van der Waals surface area contributed by atoms with Gasteiger partial charge in [-0.3, -0.25) is 4.79 Å². The first-order valence-corrected chi connectivity index (χ1v) is 7.84. The van der Waals surface area contributed by atoms with Gasteiger partial charge in [-0.1, -0.05) is 23.2 Å². The predicted octanol–water partition coefficient (Wildman–Crippen LogP) is 2.18. The largest absolute Gasteiger partial charge is 0.468 e. The topological polar surface area (TPSA) is 64.8 Å². The molecule has 0 aliphatic carbocycles. The quantitative estimate of drug-likeness (QED) is 0.846. The second-order valence-electron chi connectivity index (χ2n) is 5.24. The Balaban J connectivity index is 2.29. The molecule has 0 saturated carbocycles. The molecule has 1 aliphatic heterocycles. The van der Waals surface area contributed by atoms with E-state index in [2.05, 4.69) is 9.64 Å². The number of carbonyl (C=O) groups is 1. The third-order valence-corrected chi connectivity index (χ3v) is 4.57. The van der Waals surface area contributed by atoms with Gasteiger partial charge < -0.3 is 20.1 Å². The van der Waals surface area contributed by atoms with E-state index in [-0.39, 0.29) is 0 Å². The Morgan fingerprint density at radius 3 is 2.68 bits per heavy atom. The van der Waals surface area contributed by atoms with Crippen molar-refractivity contribution in [1.29, 1.82) is 0 Å². The summed E-state index contributed by atoms with van der Waals surface area (Å²) in [5.41, 5.74) is 8.37. The molecule has 0 bridgehead atoms. The Labute approximate surface area is 140 Å². The van der Waals surface area contributed by atoms with Crippen molar-refractivity contribution in [2.45, 2.75) is 19.4 Å². The fourth-order valence-electron chi connectivity index (χ4n) is 2.51. The molecule has 1 aromatic carbocycles. The predicted molar refractivity (Wildman–Crippen MR) is 87.9 cm³/mol. The van der Waals surface area contributed by atoms with Gasteiger partial charge in [-0.15, -0.1) is 0 Å². The van der Waals surface area contributed by atoms with Crippen LogP contribution in [0, 0.1) is 6.92 Å². The Morgan fingerprint density at radius 2 is 2.09 bits per heavy atom. The molecule has 5 nitrogen and oxygen atoms in total. The number of nitrogens with zero attached hydrogens (tertiary/aromatic N) is 1. The number of morpholine rings is 1. The molecule has 1 aromatic rings. The van der Waals surface area contributed by atoms with Gasteiger partial charge in [0, 0.05) is 13.1 Å². The summed E-state index contributed by atoms with van der Waals surface area (Å²) in [4.78, 5) is 13.6. The lowest BCUT2D eigenvalue weighted by molar-refractivity contribution is -0.142. The molecule has 0 radical (unpaired) electrons. The van der Waals surface area contributed by atoms with Crippen molar-refractivity contribution < 1.29 is 14.3 Å². The van der Waals surface area contributed by atoms with Crippen LogP contribution in [0.2, 0.25) is 10.0 Å². The first-order chi connectivity index (χ1) is 10.5. The minimum atomic E-state index is -0.731. The molecule has 0 amide bonds. The molecule has 2 N–H and O–H groups in total. The zero-order valence-corrected chi connectivity index (χ0v) is 14.2. The summed E-state index contributed by atoms with van der Waals surface area (Å²) in [7, 11) is 1.32. The smallest absolute Gasteiger partial charge is 0.322 e. The van der Waals surface area contributed by atoms with Crippen molar-refractivity contribution in [3.05, 3.63) is 27.2 Å². The van der Waals surface area contributed by atoms with Gasteiger partial charge in [0.2, 0.25) is 0 Å². The summed E-state index contributed by atoms with van der Waals surface area (Å²) >= 11 is 12.9. The van der Waals surface area contributed by atoms with Crippen LogP contribution in [0.25, 0.3) is 0 Å². The zero-order chi connectivity index (χ0) is 16.3. The highest BCUT2D eigenvalue weighted by atomic mass is 35.5. The standard InChI is InChI=1S/C15H20Cl2N2O3/c1-9-10(8-12(18)15(20)21-2)7-11(16)14(13(9)17)19-3-5-22-6-4-19/h7,12H,3-6,8,18H2,1-2H3. The van der Waals surface area contributed by atoms with Gasteiger partial charge in [0.15, 0.2) is 0 Å². The van der Waals surface area contributed by atoms with Gasteiger partial charge in [0.25, 0.3) is 0 Å². The van der Waals surface area contributed by atoms with Crippen LogP contribution < -0.4 is 10.6 Å². The van der Waals surface area contributed by atoms with Crippen LogP contribution in [-0.2, 0) is 20.7 Å². The first kappa shape index (κ1) is 17.3. The van der Waals surface area contributed by atoms with Crippen molar-refractivity contribution in [2.24, 2.45) is 5.73 Å². The second-order valence-corrected chi connectivity index (χ2v) is 6.02. The molecule has 22 heavy (non-hydrogen) atoms. The maximum atomic E-state index is 11.5. The number of esters is 1. The minimum absolute atomic E-state index is 0.335. The number of benzene rings is 1. The molecule has 0 aromatic heterocycles. The number of halogens is 2. The lowest BCUT2D eigenvalue weighted by Gasteiger charge is -2.31. The number of methoxy groups -OCH3 is 1. The third kappa shape index (κ3) is 3.66. The molecule has 1 fully saturated rings. The molecule has 7 heteroatoms. The van der Waals surface area contributed by atoms with E-state index in [9.17, 15) is 4.79 Å². The average molecular weight is 347 g/mol. The normalized spacial score (nSPS) is 16.5. The highest BCUT2D eigenvalue weighted by Crippen LogP contribution is 2.38. The molecule has 1 heterocycles. The Kier molecular flexibility index (Phi) is 5.92. The molecule has 1 atom stereocenters. The SMILES string of the molecule is COC(=O)C(N)Cc1cc(Cl)c(N2CCOCC2)c(Cl)c1C. The van der Waals surface area contributed by atoms with Crippen LogP contribution >= 0.6 is 23.2 Å². The highest BCUT2D eigenvalue weighted by Gasteiger charge is 2.23. The summed E-state index contributed by atoms with van der Waals surface area (Å²) in [6.45, 7) is 4.71. The van der Waals surface area contributed by atoms with Crippen molar-refractivity contribution in [1.82, 2.24) is 0 Å². The number of ether oxygens (including phenoxy) is 2. The van der Waals surface area contributed by atoms with Gasteiger partial charge in [0.05, 0.1) is 36.1 Å². The van der Waals surface area contributed by atoms with Crippen molar-refractivity contribution in [3.63, 3.8) is 0 Å². The van der Waals surface area contributed by atoms with E-state index in [1.807, 2.05) is 13.0 Å². The number of nitrogens with two attached hydrogens (primary N) is 1. The first-order valence-electron chi connectivity index (χ1n) is 7.09. The van der Waals surface area contributed by atoms with Crippen LogP contribution in [0.1, 0.15) is 11.1 Å². The maximum absolute atomic E-state index is 11.5. The van der Waals surface area contributed by atoms with Gasteiger partial charge in [0.1, 0.15) is 6.04 Å². The molecule has 1 unspecified atom stereocenters. The number of carbonyl (C=O) groups excluding carboxylic acids is 1. The van der Waals surface area contributed by atoms with Crippen molar-refractivity contribution in [2.75, 3.05) is 38.3 Å². The third-order valence-electron chi connectivity index (χ3n) is 3.82. The summed E-state index contributed by atoms with van der Waals surface area (Å²) in [6, 6.07) is 1.10. The zero-order valence-electron chi connectivity index (χ0n) is 12.7. The van der Waals surface area contributed by atoms with Crippen LogP contribution in [0.4, 0.5) is 5.69 Å². The van der Waals surface area contributed by atoms with E-state index in [0.29, 0.717) is 29.7 Å². The monoisotopic (exact) mass is 346 g/mol. The number of rotatable bonds is 4. The summed E-state index contributed by atoms with van der Waals surface area (Å²) in [5, 5.41) is 1.16. The Morgan fingerprint density at radius 1 is 1.45 bits per heavy atom. The number of anilines is 1.